The van der Waals surface area contributed by atoms with Gasteiger partial charge in [0.15, 0.2) is 0 Å². The molecule has 1 aliphatic heterocycles. The van der Waals surface area contributed by atoms with Gasteiger partial charge in [-0.2, -0.15) is 0 Å². The molecule has 1 heterocycles. The highest BCUT2D eigenvalue weighted by molar-refractivity contribution is 5.95. The third-order valence-corrected chi connectivity index (χ3v) is 4.04. The van der Waals surface area contributed by atoms with Crippen molar-refractivity contribution in [2.24, 2.45) is 11.7 Å². The van der Waals surface area contributed by atoms with Crippen LogP contribution in [-0.2, 0) is 0 Å². The first-order valence-corrected chi connectivity index (χ1v) is 6.87. The lowest BCUT2D eigenvalue weighted by atomic mass is 9.90. The minimum Gasteiger partial charge on any atom is -0.508 e. The van der Waals surface area contributed by atoms with E-state index in [4.69, 9.17) is 5.73 Å². The highest BCUT2D eigenvalue weighted by Crippen LogP contribution is 2.22. The SMILES string of the molecule is CCC1CN(C(=O)c2ccc(O)cc2C)CCC1N. The number of phenolic OH excluding ortho intramolecular Hbond substituents is 1. The van der Waals surface area contributed by atoms with Crippen molar-refractivity contribution in [2.45, 2.75) is 32.7 Å². The van der Waals surface area contributed by atoms with E-state index in [-0.39, 0.29) is 17.7 Å². The van der Waals surface area contributed by atoms with Crippen LogP contribution in [-0.4, -0.2) is 35.0 Å². The van der Waals surface area contributed by atoms with Gasteiger partial charge >= 0.3 is 0 Å². The van der Waals surface area contributed by atoms with Crippen LogP contribution in [0.4, 0.5) is 0 Å². The number of rotatable bonds is 2. The summed E-state index contributed by atoms with van der Waals surface area (Å²) in [5.41, 5.74) is 7.55. The number of phenols is 1. The molecule has 2 rings (SSSR count). The van der Waals surface area contributed by atoms with Crippen LogP contribution < -0.4 is 5.73 Å². The van der Waals surface area contributed by atoms with Crippen molar-refractivity contribution in [3.63, 3.8) is 0 Å². The van der Waals surface area contributed by atoms with Crippen molar-refractivity contribution in [1.82, 2.24) is 4.90 Å². The van der Waals surface area contributed by atoms with Gasteiger partial charge in [0.2, 0.25) is 0 Å². The van der Waals surface area contributed by atoms with E-state index in [0.29, 0.717) is 11.5 Å². The van der Waals surface area contributed by atoms with E-state index in [2.05, 4.69) is 6.92 Å². The Morgan fingerprint density at radius 3 is 2.89 bits per heavy atom. The zero-order valence-electron chi connectivity index (χ0n) is 11.6. The van der Waals surface area contributed by atoms with Crippen LogP contribution in [0.3, 0.4) is 0 Å². The van der Waals surface area contributed by atoms with E-state index in [0.717, 1.165) is 31.5 Å². The molecule has 4 nitrogen and oxygen atoms in total. The summed E-state index contributed by atoms with van der Waals surface area (Å²) in [6.45, 7) is 5.41. The maximum absolute atomic E-state index is 12.5. The Bertz CT molecular complexity index is 473. The molecule has 104 valence electrons. The first kappa shape index (κ1) is 13.9. The highest BCUT2D eigenvalue weighted by Gasteiger charge is 2.29. The van der Waals surface area contributed by atoms with Gasteiger partial charge in [-0.25, -0.2) is 0 Å². The van der Waals surface area contributed by atoms with Gasteiger partial charge in [-0.1, -0.05) is 13.3 Å². The molecule has 1 amide bonds. The molecule has 1 saturated heterocycles. The maximum atomic E-state index is 12.5. The number of aryl methyl sites for hydroxylation is 1. The van der Waals surface area contributed by atoms with E-state index < -0.39 is 0 Å². The van der Waals surface area contributed by atoms with Crippen molar-refractivity contribution >= 4 is 5.91 Å². The third kappa shape index (κ3) is 2.89. The first-order chi connectivity index (χ1) is 9.02. The molecule has 19 heavy (non-hydrogen) atoms. The zero-order valence-corrected chi connectivity index (χ0v) is 11.6. The van der Waals surface area contributed by atoms with Crippen LogP contribution >= 0.6 is 0 Å². The summed E-state index contributed by atoms with van der Waals surface area (Å²) in [5.74, 6) is 0.624. The van der Waals surface area contributed by atoms with Gasteiger partial charge in [0, 0.05) is 24.7 Å². The third-order valence-electron chi connectivity index (χ3n) is 4.04. The number of benzene rings is 1. The molecule has 2 atom stereocenters. The molecular formula is C15H22N2O2. The Kier molecular flexibility index (Phi) is 4.10. The zero-order chi connectivity index (χ0) is 14.0. The van der Waals surface area contributed by atoms with Crippen LogP contribution in [0.5, 0.6) is 5.75 Å². The second-order valence-electron chi connectivity index (χ2n) is 5.37. The van der Waals surface area contributed by atoms with Crippen LogP contribution in [0.1, 0.15) is 35.7 Å². The number of hydrogen-bond donors (Lipinski definition) is 2. The molecule has 1 aromatic carbocycles. The maximum Gasteiger partial charge on any atom is 0.254 e. The fourth-order valence-electron chi connectivity index (χ4n) is 2.72. The van der Waals surface area contributed by atoms with Crippen molar-refractivity contribution < 1.29 is 9.90 Å². The standard InChI is InChI=1S/C15H22N2O2/c1-3-11-9-17(7-6-14(11)16)15(19)13-5-4-12(18)8-10(13)2/h4-5,8,11,14,18H,3,6-7,9,16H2,1-2H3. The lowest BCUT2D eigenvalue weighted by molar-refractivity contribution is 0.0648. The lowest BCUT2D eigenvalue weighted by Gasteiger charge is -2.36. The molecule has 0 aromatic heterocycles. The van der Waals surface area contributed by atoms with Gasteiger partial charge in [-0.3, -0.25) is 4.79 Å². The van der Waals surface area contributed by atoms with Gasteiger partial charge in [0.25, 0.3) is 5.91 Å². The number of nitrogens with zero attached hydrogens (tertiary/aromatic N) is 1. The van der Waals surface area contributed by atoms with E-state index in [1.165, 1.54) is 0 Å². The lowest BCUT2D eigenvalue weighted by Crippen LogP contribution is -2.49. The van der Waals surface area contributed by atoms with Gasteiger partial charge in [-0.15, -0.1) is 0 Å². The van der Waals surface area contributed by atoms with Crippen molar-refractivity contribution in [2.75, 3.05) is 13.1 Å². The molecule has 1 aromatic rings. The average molecular weight is 262 g/mol. The highest BCUT2D eigenvalue weighted by atomic mass is 16.3. The summed E-state index contributed by atoms with van der Waals surface area (Å²) in [6, 6.07) is 5.09. The molecular weight excluding hydrogens is 240 g/mol. The molecule has 1 fully saturated rings. The second-order valence-corrected chi connectivity index (χ2v) is 5.37. The topological polar surface area (TPSA) is 66.6 Å². The summed E-state index contributed by atoms with van der Waals surface area (Å²) in [6.07, 6.45) is 1.86. The summed E-state index contributed by atoms with van der Waals surface area (Å²) in [4.78, 5) is 14.4. The Morgan fingerprint density at radius 2 is 2.26 bits per heavy atom. The fourth-order valence-corrected chi connectivity index (χ4v) is 2.72. The Labute approximate surface area is 114 Å². The first-order valence-electron chi connectivity index (χ1n) is 6.87. The number of amides is 1. The molecule has 2 unspecified atom stereocenters. The molecule has 0 spiro atoms. The molecule has 0 radical (unpaired) electrons. The number of piperidine rings is 1. The largest absolute Gasteiger partial charge is 0.508 e. The number of carbonyl (C=O) groups is 1. The van der Waals surface area contributed by atoms with Gasteiger partial charge in [-0.05, 0) is 43.0 Å². The number of likely N-dealkylation sites (tertiary alicyclic amines) is 1. The van der Waals surface area contributed by atoms with Crippen molar-refractivity contribution in [1.29, 1.82) is 0 Å². The Hall–Kier alpha value is -1.55. The summed E-state index contributed by atoms with van der Waals surface area (Å²) in [7, 11) is 0. The van der Waals surface area contributed by atoms with E-state index in [1.54, 1.807) is 18.2 Å². The number of hydrogen-bond acceptors (Lipinski definition) is 3. The van der Waals surface area contributed by atoms with E-state index in [9.17, 15) is 9.90 Å². The molecule has 3 N–H and O–H groups in total. The fraction of sp³-hybridized carbons (Fsp3) is 0.533. The predicted molar refractivity (Wildman–Crippen MR) is 75.1 cm³/mol. The summed E-state index contributed by atoms with van der Waals surface area (Å²) < 4.78 is 0. The van der Waals surface area contributed by atoms with Crippen LogP contribution in [0.25, 0.3) is 0 Å². The Morgan fingerprint density at radius 1 is 1.53 bits per heavy atom. The van der Waals surface area contributed by atoms with Gasteiger partial charge in [0.1, 0.15) is 5.75 Å². The number of carbonyl (C=O) groups excluding carboxylic acids is 1. The average Bonchev–Trinajstić information content (AvgIpc) is 2.38. The molecule has 0 saturated carbocycles. The van der Waals surface area contributed by atoms with E-state index >= 15 is 0 Å². The minimum atomic E-state index is 0.0443. The van der Waals surface area contributed by atoms with Crippen LogP contribution in [0.15, 0.2) is 18.2 Å². The monoisotopic (exact) mass is 262 g/mol. The van der Waals surface area contributed by atoms with Crippen molar-refractivity contribution in [3.8, 4) is 5.75 Å². The molecule has 1 aliphatic rings. The molecule has 0 bridgehead atoms. The smallest absolute Gasteiger partial charge is 0.254 e. The number of aromatic hydroxyl groups is 1. The van der Waals surface area contributed by atoms with Crippen LogP contribution in [0, 0.1) is 12.8 Å². The number of nitrogens with two attached hydrogens (primary N) is 1. The van der Waals surface area contributed by atoms with Crippen LogP contribution in [0.2, 0.25) is 0 Å². The summed E-state index contributed by atoms with van der Waals surface area (Å²) >= 11 is 0. The predicted octanol–water partition coefficient (Wildman–Crippen LogP) is 1.90. The van der Waals surface area contributed by atoms with Crippen molar-refractivity contribution in [3.05, 3.63) is 29.3 Å². The molecule has 0 aliphatic carbocycles. The molecule has 4 heteroatoms. The quantitative estimate of drug-likeness (QED) is 0.855. The summed E-state index contributed by atoms with van der Waals surface area (Å²) in [5, 5.41) is 9.40. The minimum absolute atomic E-state index is 0.0443. The second kappa shape index (κ2) is 5.61. The van der Waals surface area contributed by atoms with Gasteiger partial charge in [0.05, 0.1) is 0 Å². The van der Waals surface area contributed by atoms with E-state index in [1.807, 2.05) is 11.8 Å². The normalized spacial score (nSPS) is 23.4. The Balaban J connectivity index is 2.15. The van der Waals surface area contributed by atoms with Gasteiger partial charge < -0.3 is 15.7 Å².